The second-order valence-electron chi connectivity index (χ2n) is 10.3. The Morgan fingerprint density at radius 2 is 1.58 bits per heavy atom. The van der Waals surface area contributed by atoms with Crippen LogP contribution in [0.3, 0.4) is 0 Å². The first-order chi connectivity index (χ1) is 18.4. The van der Waals surface area contributed by atoms with Crippen LogP contribution in [0.15, 0.2) is 72.8 Å². The molecule has 38 heavy (non-hydrogen) atoms. The predicted octanol–water partition coefficient (Wildman–Crippen LogP) is 7.19. The third kappa shape index (κ3) is 6.71. The van der Waals surface area contributed by atoms with E-state index in [2.05, 4.69) is 54.3 Å². The Labute approximate surface area is 226 Å². The highest BCUT2D eigenvalue weighted by atomic mass is 16.4. The van der Waals surface area contributed by atoms with Crippen LogP contribution in [0.5, 0.6) is 0 Å². The van der Waals surface area contributed by atoms with E-state index in [1.807, 2.05) is 43.3 Å². The molecule has 4 rings (SSSR count). The van der Waals surface area contributed by atoms with Gasteiger partial charge < -0.3 is 14.9 Å². The van der Waals surface area contributed by atoms with Gasteiger partial charge in [0, 0.05) is 37.5 Å². The number of nitrogens with zero attached hydrogens (tertiary/aromatic N) is 2. The number of hydrogen-bond acceptors (Lipinski definition) is 3. The molecule has 0 bridgehead atoms. The molecule has 0 atom stereocenters. The smallest absolute Gasteiger partial charge is 0.328 e. The lowest BCUT2D eigenvalue weighted by molar-refractivity contribution is -0.131. The first kappa shape index (κ1) is 27.2. The number of hydrogen-bond donors (Lipinski definition) is 1. The van der Waals surface area contributed by atoms with Crippen LogP contribution in [0.1, 0.15) is 55.7 Å². The van der Waals surface area contributed by atoms with Crippen molar-refractivity contribution in [1.29, 1.82) is 0 Å². The van der Waals surface area contributed by atoms with Crippen molar-refractivity contribution in [3.05, 3.63) is 89.5 Å². The van der Waals surface area contributed by atoms with Crippen molar-refractivity contribution in [3.63, 3.8) is 0 Å². The maximum absolute atomic E-state index is 13.9. The van der Waals surface area contributed by atoms with Crippen LogP contribution in [0, 0.1) is 5.92 Å². The van der Waals surface area contributed by atoms with E-state index in [0.717, 1.165) is 55.0 Å². The number of carboxylic acids is 1. The lowest BCUT2D eigenvalue weighted by Crippen LogP contribution is -2.37. The molecule has 198 valence electrons. The number of benzene rings is 3. The zero-order chi connectivity index (χ0) is 27.1. The highest BCUT2D eigenvalue weighted by Crippen LogP contribution is 2.31. The number of aryl methyl sites for hydroxylation is 1. The van der Waals surface area contributed by atoms with Gasteiger partial charge in [-0.3, -0.25) is 4.79 Å². The number of aliphatic carboxylic acids is 1. The van der Waals surface area contributed by atoms with E-state index >= 15 is 0 Å². The molecule has 0 radical (unpaired) electrons. The van der Waals surface area contributed by atoms with E-state index in [0.29, 0.717) is 6.54 Å². The molecule has 5 heteroatoms. The first-order valence-corrected chi connectivity index (χ1v) is 13.6. The van der Waals surface area contributed by atoms with Gasteiger partial charge in [-0.05, 0) is 77.4 Å². The van der Waals surface area contributed by atoms with Crippen molar-refractivity contribution in [1.82, 2.24) is 0 Å². The molecule has 0 unspecified atom stereocenters. The number of carbonyl (C=O) groups excluding carboxylic acids is 1. The Balaban J connectivity index is 1.67. The van der Waals surface area contributed by atoms with Crippen LogP contribution < -0.4 is 9.80 Å². The van der Waals surface area contributed by atoms with Gasteiger partial charge in [-0.1, -0.05) is 68.7 Å². The Morgan fingerprint density at radius 3 is 2.24 bits per heavy atom. The highest BCUT2D eigenvalue weighted by Gasteiger charge is 2.27. The third-order valence-corrected chi connectivity index (χ3v) is 7.45. The van der Waals surface area contributed by atoms with Crippen molar-refractivity contribution in [3.8, 4) is 11.1 Å². The van der Waals surface area contributed by atoms with E-state index in [9.17, 15) is 9.59 Å². The molecule has 1 aliphatic carbocycles. The number of rotatable bonds is 9. The van der Waals surface area contributed by atoms with Crippen molar-refractivity contribution >= 4 is 29.3 Å². The molecule has 0 heterocycles. The van der Waals surface area contributed by atoms with Gasteiger partial charge in [0.05, 0.1) is 6.54 Å². The van der Waals surface area contributed by atoms with E-state index < -0.39 is 5.97 Å². The first-order valence-electron chi connectivity index (χ1n) is 13.6. The minimum atomic E-state index is -0.991. The third-order valence-electron chi connectivity index (χ3n) is 7.45. The molecule has 1 N–H and O–H groups in total. The summed E-state index contributed by atoms with van der Waals surface area (Å²) in [5.41, 5.74) is 7.43. The van der Waals surface area contributed by atoms with E-state index in [-0.39, 0.29) is 11.8 Å². The van der Waals surface area contributed by atoms with Gasteiger partial charge >= 0.3 is 5.97 Å². The van der Waals surface area contributed by atoms with Gasteiger partial charge in [-0.15, -0.1) is 0 Å². The summed E-state index contributed by atoms with van der Waals surface area (Å²) >= 11 is 0. The largest absolute Gasteiger partial charge is 0.478 e. The van der Waals surface area contributed by atoms with Crippen LogP contribution in [-0.4, -0.2) is 31.1 Å². The SMILES string of the molecule is CCc1cc(-c2ccc(N(C)C)cc2)ccc1CN(C(=O)C1CCCCC1)c1cccc(C=CC(=O)O)c1. The summed E-state index contributed by atoms with van der Waals surface area (Å²) in [4.78, 5) is 28.9. The van der Waals surface area contributed by atoms with E-state index in [1.54, 1.807) is 6.08 Å². The standard InChI is InChI=1S/C33H38N2O3/c1-4-25-22-28(26-16-18-30(19-17-26)34(2)3)14-15-29(25)23-35(33(38)27-10-6-5-7-11-27)31-12-8-9-24(21-31)13-20-32(36)37/h8-9,12-22,27H,4-7,10-11,23H2,1-3H3,(H,36,37). The molecule has 3 aromatic rings. The van der Waals surface area contributed by atoms with E-state index in [4.69, 9.17) is 5.11 Å². The van der Waals surface area contributed by atoms with Gasteiger partial charge in [0.25, 0.3) is 0 Å². The molecule has 0 saturated heterocycles. The lowest BCUT2D eigenvalue weighted by Gasteiger charge is -2.30. The van der Waals surface area contributed by atoms with Crippen molar-refractivity contribution in [2.75, 3.05) is 23.9 Å². The summed E-state index contributed by atoms with van der Waals surface area (Å²) in [6, 6.07) is 22.7. The lowest BCUT2D eigenvalue weighted by atomic mass is 9.88. The predicted molar refractivity (Wildman–Crippen MR) is 156 cm³/mol. The van der Waals surface area contributed by atoms with Gasteiger partial charge in [0.15, 0.2) is 0 Å². The van der Waals surface area contributed by atoms with Crippen molar-refractivity contribution < 1.29 is 14.7 Å². The summed E-state index contributed by atoms with van der Waals surface area (Å²) < 4.78 is 0. The Kier molecular flexibility index (Phi) is 9.01. The second-order valence-corrected chi connectivity index (χ2v) is 10.3. The zero-order valence-electron chi connectivity index (χ0n) is 22.7. The maximum atomic E-state index is 13.9. The minimum absolute atomic E-state index is 0.0292. The number of anilines is 2. The number of carbonyl (C=O) groups is 2. The zero-order valence-corrected chi connectivity index (χ0v) is 22.7. The van der Waals surface area contributed by atoms with Crippen LogP contribution in [0.2, 0.25) is 0 Å². The fourth-order valence-electron chi connectivity index (χ4n) is 5.24. The molecule has 5 nitrogen and oxygen atoms in total. The van der Waals surface area contributed by atoms with Gasteiger partial charge in [0.1, 0.15) is 0 Å². The molecule has 1 aliphatic rings. The van der Waals surface area contributed by atoms with Crippen molar-refractivity contribution in [2.24, 2.45) is 5.92 Å². The fourth-order valence-corrected chi connectivity index (χ4v) is 5.24. The quantitative estimate of drug-likeness (QED) is 0.309. The monoisotopic (exact) mass is 510 g/mol. The average molecular weight is 511 g/mol. The molecule has 1 amide bonds. The normalized spacial score (nSPS) is 14.0. The summed E-state index contributed by atoms with van der Waals surface area (Å²) in [5.74, 6) is -0.800. The second kappa shape index (κ2) is 12.6. The van der Waals surface area contributed by atoms with Crippen LogP contribution in [0.4, 0.5) is 11.4 Å². The Morgan fingerprint density at radius 1 is 0.868 bits per heavy atom. The summed E-state index contributed by atoms with van der Waals surface area (Å²) in [6.07, 6.45) is 8.80. The van der Waals surface area contributed by atoms with Crippen LogP contribution in [-0.2, 0) is 22.6 Å². The molecule has 1 saturated carbocycles. The van der Waals surface area contributed by atoms with Gasteiger partial charge in [0.2, 0.25) is 5.91 Å². The maximum Gasteiger partial charge on any atom is 0.328 e. The fraction of sp³-hybridized carbons (Fsp3) is 0.333. The average Bonchev–Trinajstić information content (AvgIpc) is 2.95. The molecule has 0 aromatic heterocycles. The molecule has 0 aliphatic heterocycles. The molecule has 3 aromatic carbocycles. The van der Waals surface area contributed by atoms with Gasteiger partial charge in [-0.25, -0.2) is 4.79 Å². The van der Waals surface area contributed by atoms with E-state index in [1.165, 1.54) is 28.8 Å². The Hall–Kier alpha value is -3.86. The summed E-state index contributed by atoms with van der Waals surface area (Å²) in [6.45, 7) is 2.65. The summed E-state index contributed by atoms with van der Waals surface area (Å²) in [5, 5.41) is 9.05. The highest BCUT2D eigenvalue weighted by molar-refractivity contribution is 5.95. The minimum Gasteiger partial charge on any atom is -0.478 e. The molecular weight excluding hydrogens is 472 g/mol. The molecular formula is C33H38N2O3. The molecule has 0 spiro atoms. The topological polar surface area (TPSA) is 60.9 Å². The number of amides is 1. The van der Waals surface area contributed by atoms with Crippen LogP contribution in [0.25, 0.3) is 17.2 Å². The Bertz CT molecular complexity index is 1290. The van der Waals surface area contributed by atoms with Crippen molar-refractivity contribution in [2.45, 2.75) is 52.0 Å². The molecule has 1 fully saturated rings. The summed E-state index contributed by atoms with van der Waals surface area (Å²) in [7, 11) is 4.08. The van der Waals surface area contributed by atoms with Gasteiger partial charge in [-0.2, -0.15) is 0 Å². The van der Waals surface area contributed by atoms with Crippen LogP contribution >= 0.6 is 0 Å². The number of carboxylic acid groups (broad SMARTS) is 1.